The third kappa shape index (κ3) is 4.32. The molecule has 1 N–H and O–H groups in total. The molecule has 2 aliphatic rings. The van der Waals surface area contributed by atoms with Gasteiger partial charge in [-0.2, -0.15) is 0 Å². The van der Waals surface area contributed by atoms with Crippen LogP contribution in [0.2, 0.25) is 25.2 Å². The van der Waals surface area contributed by atoms with Gasteiger partial charge in [0.05, 0.1) is 32.5 Å². The minimum atomic E-state index is -1.12. The van der Waals surface area contributed by atoms with Crippen molar-refractivity contribution in [2.75, 3.05) is 36.0 Å². The molecule has 1 aromatic carbocycles. The Hall–Kier alpha value is -1.74. The van der Waals surface area contributed by atoms with E-state index in [2.05, 4.69) is 35.9 Å². The first-order valence-corrected chi connectivity index (χ1v) is 12.6. The molecule has 0 aliphatic carbocycles. The monoisotopic (exact) mass is 397 g/mol. The number of cyclic esters (lactones) is 1. The molecule has 2 heterocycles. The summed E-state index contributed by atoms with van der Waals surface area (Å²) >= 11 is 3.62. The topological polar surface area (TPSA) is 61.9 Å². The van der Waals surface area contributed by atoms with Crippen LogP contribution in [0.25, 0.3) is 0 Å². The molecule has 2 amide bonds. The number of carbonyl (C=O) groups excluding carboxylic acids is 2. The number of ether oxygens (including phenoxy) is 1. The van der Waals surface area contributed by atoms with Crippen LogP contribution in [0.5, 0.6) is 0 Å². The molecule has 3 rings (SSSR count). The predicted octanol–water partition coefficient (Wildman–Crippen LogP) is 3.32. The van der Waals surface area contributed by atoms with Gasteiger partial charge in [0.15, 0.2) is 0 Å². The van der Waals surface area contributed by atoms with E-state index in [4.69, 9.17) is 4.74 Å². The summed E-state index contributed by atoms with van der Waals surface area (Å²) in [5, 5.41) is 2.01. The molecule has 0 saturated carbocycles. The quantitative estimate of drug-likeness (QED) is 0.604. The molecule has 0 spiro atoms. The Morgan fingerprint density at radius 2 is 2.08 bits per heavy atom. The van der Waals surface area contributed by atoms with E-state index in [0.29, 0.717) is 11.4 Å². The van der Waals surface area contributed by atoms with Gasteiger partial charge in [0.1, 0.15) is 11.9 Å². The van der Waals surface area contributed by atoms with Crippen molar-refractivity contribution in [3.05, 3.63) is 24.0 Å². The van der Waals surface area contributed by atoms with Crippen LogP contribution in [-0.4, -0.2) is 51.7 Å². The first kappa shape index (κ1) is 19.0. The average molecular weight is 398 g/mol. The minimum absolute atomic E-state index is 0.179. The normalized spacial score (nSPS) is 22.3. The van der Waals surface area contributed by atoms with Crippen molar-refractivity contribution >= 4 is 43.4 Å². The van der Waals surface area contributed by atoms with E-state index >= 15 is 0 Å². The van der Waals surface area contributed by atoms with Gasteiger partial charge in [-0.25, -0.2) is 9.18 Å². The van der Waals surface area contributed by atoms with Crippen molar-refractivity contribution in [2.45, 2.75) is 31.3 Å². The number of hydrogen-bond donors (Lipinski definition) is 2. The number of amides is 2. The zero-order valence-electron chi connectivity index (χ0n) is 15.0. The highest BCUT2D eigenvalue weighted by Crippen LogP contribution is 2.31. The second-order valence-corrected chi connectivity index (χ2v) is 13.3. The van der Waals surface area contributed by atoms with Gasteiger partial charge in [-0.3, -0.25) is 9.69 Å². The summed E-state index contributed by atoms with van der Waals surface area (Å²) in [6.45, 7) is 6.94. The van der Waals surface area contributed by atoms with E-state index in [-0.39, 0.29) is 18.9 Å². The van der Waals surface area contributed by atoms with Crippen LogP contribution in [0.4, 0.5) is 25.4 Å². The van der Waals surface area contributed by atoms with Gasteiger partial charge < -0.3 is 15.0 Å². The van der Waals surface area contributed by atoms with Crippen LogP contribution >= 0.6 is 12.6 Å². The highest BCUT2D eigenvalue weighted by molar-refractivity contribution is 7.96. The Morgan fingerprint density at radius 3 is 2.69 bits per heavy atom. The number of thiol groups is 1. The van der Waals surface area contributed by atoms with Gasteiger partial charge in [0.25, 0.3) is 5.24 Å². The van der Waals surface area contributed by atoms with E-state index in [1.807, 2.05) is 0 Å². The van der Waals surface area contributed by atoms with Crippen LogP contribution in [0.1, 0.15) is 0 Å². The summed E-state index contributed by atoms with van der Waals surface area (Å²) in [7, 11) is -1.12. The van der Waals surface area contributed by atoms with Crippen molar-refractivity contribution in [1.29, 1.82) is 0 Å². The van der Waals surface area contributed by atoms with Crippen LogP contribution in [-0.2, 0) is 4.74 Å². The Morgan fingerprint density at radius 1 is 1.38 bits per heavy atom. The van der Waals surface area contributed by atoms with E-state index < -0.39 is 25.5 Å². The lowest BCUT2D eigenvalue weighted by Crippen LogP contribution is -2.43. The Kier molecular flexibility index (Phi) is 5.47. The molecule has 2 aliphatic heterocycles. The second-order valence-electron chi connectivity index (χ2n) is 7.59. The number of benzene rings is 1. The molecule has 9 heteroatoms. The Balaban J connectivity index is 1.68. The maximum absolute atomic E-state index is 14.7. The van der Waals surface area contributed by atoms with Gasteiger partial charge in [0, 0.05) is 13.1 Å². The number of anilines is 2. The zero-order valence-corrected chi connectivity index (χ0v) is 16.9. The van der Waals surface area contributed by atoms with Gasteiger partial charge in [-0.15, -0.1) is 0 Å². The largest absolute Gasteiger partial charge is 0.442 e. The summed E-state index contributed by atoms with van der Waals surface area (Å²) in [4.78, 5) is 26.4. The van der Waals surface area contributed by atoms with Crippen LogP contribution < -0.4 is 15.1 Å². The van der Waals surface area contributed by atoms with E-state index in [9.17, 15) is 14.0 Å². The summed E-state index contributed by atoms with van der Waals surface area (Å²) in [6, 6.07) is 7.18. The molecule has 1 aromatic rings. The van der Waals surface area contributed by atoms with Crippen molar-refractivity contribution in [2.24, 2.45) is 0 Å². The number of rotatable bonds is 4. The first-order chi connectivity index (χ1) is 12.2. The molecule has 0 aromatic heterocycles. The Bertz CT molecular complexity index is 708. The fraction of sp³-hybridized carbons (Fsp3) is 0.529. The molecule has 0 radical (unpaired) electrons. The van der Waals surface area contributed by atoms with Gasteiger partial charge in [0.2, 0.25) is 0 Å². The maximum Gasteiger partial charge on any atom is 0.414 e. The molecule has 2 fully saturated rings. The smallest absolute Gasteiger partial charge is 0.414 e. The highest BCUT2D eigenvalue weighted by Gasteiger charge is 2.33. The number of nitrogens with one attached hydrogen (secondary N) is 1. The fourth-order valence-corrected chi connectivity index (χ4v) is 5.40. The molecule has 1 atom stereocenters. The molecule has 26 heavy (non-hydrogen) atoms. The number of hydrogen-bond acceptors (Lipinski definition) is 4. The Labute approximate surface area is 159 Å². The standard InChI is InChI=1S/C17H24FN3O3SSi/c1-26(2)7-5-20(6-8-26)15-4-3-12(9-14(15)18)21-11-13(24-17(21)23)10-19-16(22)25/h3-4,9,13H,5-8,10-11H2,1-2H3,(H2,19,22,25)/t13-/m0/s1. The predicted molar refractivity (Wildman–Crippen MR) is 106 cm³/mol. The first-order valence-electron chi connectivity index (χ1n) is 8.75. The summed E-state index contributed by atoms with van der Waals surface area (Å²) in [6.07, 6.45) is -1.02. The van der Waals surface area contributed by atoms with Gasteiger partial charge >= 0.3 is 6.09 Å². The molecule has 0 unspecified atom stereocenters. The number of carbonyl (C=O) groups is 2. The van der Waals surface area contributed by atoms with Crippen molar-refractivity contribution in [3.8, 4) is 0 Å². The molecule has 142 valence electrons. The molecular formula is C17H24FN3O3SSi. The maximum atomic E-state index is 14.7. The number of halogens is 1. The zero-order chi connectivity index (χ0) is 18.9. The minimum Gasteiger partial charge on any atom is -0.442 e. The lowest BCUT2D eigenvalue weighted by atomic mass is 10.2. The molecule has 6 nitrogen and oxygen atoms in total. The van der Waals surface area contributed by atoms with Crippen LogP contribution in [0, 0.1) is 5.82 Å². The third-order valence-corrected chi connectivity index (χ3v) is 8.37. The van der Waals surface area contributed by atoms with Crippen molar-refractivity contribution < 1.29 is 18.7 Å². The summed E-state index contributed by atoms with van der Waals surface area (Å²) in [5.41, 5.74) is 1.05. The molecule has 0 bridgehead atoms. The summed E-state index contributed by atoms with van der Waals surface area (Å²) < 4.78 is 19.9. The van der Waals surface area contributed by atoms with Gasteiger partial charge in [-0.05, 0) is 30.3 Å². The highest BCUT2D eigenvalue weighted by atomic mass is 32.1. The SMILES string of the molecule is C[Si]1(C)CCN(c2ccc(N3C[C@H](CNC(=O)S)OC3=O)cc2F)CC1. The van der Waals surface area contributed by atoms with E-state index in [1.54, 1.807) is 12.1 Å². The van der Waals surface area contributed by atoms with E-state index in [1.165, 1.54) is 11.0 Å². The van der Waals surface area contributed by atoms with E-state index in [0.717, 1.165) is 25.2 Å². The second kappa shape index (κ2) is 7.48. The van der Waals surface area contributed by atoms with Crippen LogP contribution in [0.3, 0.4) is 0 Å². The fourth-order valence-electron chi connectivity index (χ4n) is 3.31. The lowest BCUT2D eigenvalue weighted by Gasteiger charge is -2.37. The number of nitrogens with zero attached hydrogens (tertiary/aromatic N) is 2. The summed E-state index contributed by atoms with van der Waals surface area (Å²) in [5.74, 6) is -0.330. The van der Waals surface area contributed by atoms with Crippen molar-refractivity contribution in [3.63, 3.8) is 0 Å². The molecular weight excluding hydrogens is 373 g/mol. The molecule has 2 saturated heterocycles. The van der Waals surface area contributed by atoms with Gasteiger partial charge in [-0.1, -0.05) is 25.7 Å². The average Bonchev–Trinajstić information content (AvgIpc) is 2.94. The van der Waals surface area contributed by atoms with Crippen molar-refractivity contribution in [1.82, 2.24) is 5.32 Å². The third-order valence-electron chi connectivity index (χ3n) is 5.06. The lowest BCUT2D eigenvalue weighted by molar-refractivity contribution is 0.141. The van der Waals surface area contributed by atoms with Crippen LogP contribution in [0.15, 0.2) is 18.2 Å².